The second-order valence-electron chi connectivity index (χ2n) is 4.38. The predicted octanol–water partition coefficient (Wildman–Crippen LogP) is 3.43. The third-order valence-electron chi connectivity index (χ3n) is 3.30. The van der Waals surface area contributed by atoms with Crippen LogP contribution in [-0.2, 0) is 0 Å². The van der Waals surface area contributed by atoms with Gasteiger partial charge in [0.05, 0.1) is 11.4 Å². The van der Waals surface area contributed by atoms with E-state index in [4.69, 9.17) is 17.0 Å². The first-order valence-corrected chi connectivity index (χ1v) is 6.13. The monoisotopic (exact) mass is 224 g/mol. The van der Waals surface area contributed by atoms with Crippen LogP contribution in [0.15, 0.2) is 18.3 Å². The second-order valence-corrected chi connectivity index (χ2v) is 4.69. The number of rotatable bonds is 3. The maximum atomic E-state index is 8.13. The zero-order valence-corrected chi connectivity index (χ0v) is 9.56. The van der Waals surface area contributed by atoms with Gasteiger partial charge in [0.1, 0.15) is 0 Å². The lowest BCUT2D eigenvalue weighted by Crippen LogP contribution is -2.24. The van der Waals surface area contributed by atoms with Crippen LogP contribution in [0.25, 0.3) is 0 Å². The smallest absolute Gasteiger partial charge is 0.0594 e. The van der Waals surface area contributed by atoms with Crippen LogP contribution in [-0.4, -0.2) is 16.6 Å². The van der Waals surface area contributed by atoms with Crippen molar-refractivity contribution in [3.63, 3.8) is 0 Å². The number of nitrogens with one attached hydrogen (secondary N) is 2. The van der Waals surface area contributed by atoms with Gasteiger partial charge in [-0.3, -0.25) is 0 Å². The molecule has 1 aliphatic carbocycles. The summed E-state index contributed by atoms with van der Waals surface area (Å²) >= 11 is 5.90. The molecule has 0 amide bonds. The zero-order chi connectivity index (χ0) is 10.7. The fourth-order valence-electron chi connectivity index (χ4n) is 2.41. The molecule has 0 saturated heterocycles. The first kappa shape index (κ1) is 10.7. The van der Waals surface area contributed by atoms with Gasteiger partial charge in [0.2, 0.25) is 0 Å². The van der Waals surface area contributed by atoms with E-state index in [1.165, 1.54) is 12.8 Å². The maximum absolute atomic E-state index is 8.13. The molecule has 0 radical (unpaired) electrons. The van der Waals surface area contributed by atoms with E-state index in [2.05, 4.69) is 4.98 Å². The third-order valence-corrected chi connectivity index (χ3v) is 3.73. The summed E-state index contributed by atoms with van der Waals surface area (Å²) in [6.07, 6.45) is 6.56. The highest BCUT2D eigenvalue weighted by atomic mass is 35.5. The van der Waals surface area contributed by atoms with Crippen molar-refractivity contribution in [3.05, 3.63) is 24.0 Å². The molecule has 82 valence electrons. The molecule has 2 nitrogen and oxygen atoms in total. The number of hydrogen-bond acceptors (Lipinski definition) is 1. The Morgan fingerprint density at radius 1 is 1.53 bits per heavy atom. The molecule has 1 fully saturated rings. The van der Waals surface area contributed by atoms with Gasteiger partial charge in [-0.15, -0.1) is 11.6 Å². The molecule has 0 bridgehead atoms. The van der Waals surface area contributed by atoms with E-state index in [1.54, 1.807) is 0 Å². The molecule has 0 spiro atoms. The summed E-state index contributed by atoms with van der Waals surface area (Å²) in [6.45, 7) is 0. The molecular formula is C12H17ClN2. The quantitative estimate of drug-likeness (QED) is 0.584. The Bertz CT molecular complexity index is 318. The van der Waals surface area contributed by atoms with Gasteiger partial charge in [-0.1, -0.05) is 6.42 Å². The highest BCUT2D eigenvalue weighted by molar-refractivity contribution is 6.18. The van der Waals surface area contributed by atoms with Gasteiger partial charge in [0.25, 0.3) is 0 Å². The lowest BCUT2D eigenvalue weighted by Gasteiger charge is -2.27. The predicted molar refractivity (Wildman–Crippen MR) is 63.8 cm³/mol. The number of aromatic nitrogens is 1. The van der Waals surface area contributed by atoms with Gasteiger partial charge in [-0.2, -0.15) is 0 Å². The molecule has 2 rings (SSSR count). The SMILES string of the molecule is N=C(c1ccc[nH]1)C1CCCC(CCl)C1. The maximum Gasteiger partial charge on any atom is 0.0594 e. The third kappa shape index (κ3) is 2.43. The largest absolute Gasteiger partial charge is 0.360 e. The minimum Gasteiger partial charge on any atom is -0.360 e. The summed E-state index contributed by atoms with van der Waals surface area (Å²) in [5.41, 5.74) is 1.73. The summed E-state index contributed by atoms with van der Waals surface area (Å²) < 4.78 is 0. The van der Waals surface area contributed by atoms with E-state index in [-0.39, 0.29) is 0 Å². The van der Waals surface area contributed by atoms with Crippen LogP contribution in [0.1, 0.15) is 31.4 Å². The molecule has 1 aromatic rings. The van der Waals surface area contributed by atoms with Gasteiger partial charge < -0.3 is 10.4 Å². The summed E-state index contributed by atoms with van der Waals surface area (Å²) in [5, 5.41) is 8.13. The Morgan fingerprint density at radius 2 is 2.40 bits per heavy atom. The number of halogens is 1. The van der Waals surface area contributed by atoms with Crippen molar-refractivity contribution in [2.45, 2.75) is 25.7 Å². The molecule has 3 heteroatoms. The standard InChI is InChI=1S/C12H17ClN2/c13-8-9-3-1-4-10(7-9)12(14)11-5-2-6-15-11/h2,5-6,9-10,14-15H,1,3-4,7-8H2. The van der Waals surface area contributed by atoms with E-state index >= 15 is 0 Å². The molecule has 2 unspecified atom stereocenters. The van der Waals surface area contributed by atoms with E-state index in [0.717, 1.165) is 30.1 Å². The van der Waals surface area contributed by atoms with Crippen LogP contribution in [0.2, 0.25) is 0 Å². The summed E-state index contributed by atoms with van der Waals surface area (Å²) in [6, 6.07) is 3.93. The number of aromatic amines is 1. The molecule has 15 heavy (non-hydrogen) atoms. The number of alkyl halides is 1. The average molecular weight is 225 g/mol. The zero-order valence-electron chi connectivity index (χ0n) is 8.80. The first-order chi connectivity index (χ1) is 7.31. The lowest BCUT2D eigenvalue weighted by atomic mass is 9.79. The van der Waals surface area contributed by atoms with Crippen molar-refractivity contribution >= 4 is 17.3 Å². The van der Waals surface area contributed by atoms with Crippen molar-refractivity contribution in [3.8, 4) is 0 Å². The highest BCUT2D eigenvalue weighted by Crippen LogP contribution is 2.31. The van der Waals surface area contributed by atoms with Gasteiger partial charge in [-0.05, 0) is 37.3 Å². The molecule has 2 N–H and O–H groups in total. The normalized spacial score (nSPS) is 26.5. The van der Waals surface area contributed by atoms with Crippen LogP contribution in [0.3, 0.4) is 0 Å². The van der Waals surface area contributed by atoms with Crippen LogP contribution in [0.4, 0.5) is 0 Å². The molecule has 1 saturated carbocycles. The molecule has 1 aromatic heterocycles. The van der Waals surface area contributed by atoms with Crippen molar-refractivity contribution in [1.29, 1.82) is 5.41 Å². The van der Waals surface area contributed by atoms with E-state index in [9.17, 15) is 0 Å². The molecule has 1 heterocycles. The first-order valence-electron chi connectivity index (χ1n) is 5.59. The molecule has 2 atom stereocenters. The minimum atomic E-state index is 0.404. The second kappa shape index (κ2) is 4.84. The van der Waals surface area contributed by atoms with Crippen LogP contribution in [0.5, 0.6) is 0 Å². The fraction of sp³-hybridized carbons (Fsp3) is 0.583. The van der Waals surface area contributed by atoms with Crippen molar-refractivity contribution in [1.82, 2.24) is 4.98 Å². The Hall–Kier alpha value is -0.760. The Labute approximate surface area is 95.5 Å². The van der Waals surface area contributed by atoms with Crippen LogP contribution >= 0.6 is 11.6 Å². The van der Waals surface area contributed by atoms with E-state index in [0.29, 0.717) is 11.8 Å². The lowest BCUT2D eigenvalue weighted by molar-refractivity contribution is 0.342. The molecule has 0 aromatic carbocycles. The number of H-pyrrole nitrogens is 1. The van der Waals surface area contributed by atoms with Gasteiger partial charge in [0.15, 0.2) is 0 Å². The summed E-state index contributed by atoms with van der Waals surface area (Å²) in [7, 11) is 0. The van der Waals surface area contributed by atoms with E-state index in [1.807, 2.05) is 18.3 Å². The fourth-order valence-corrected chi connectivity index (χ4v) is 2.69. The Balaban J connectivity index is 2.01. The van der Waals surface area contributed by atoms with Crippen molar-refractivity contribution in [2.24, 2.45) is 11.8 Å². The van der Waals surface area contributed by atoms with Gasteiger partial charge >= 0.3 is 0 Å². The highest BCUT2D eigenvalue weighted by Gasteiger charge is 2.25. The molecular weight excluding hydrogens is 208 g/mol. The topological polar surface area (TPSA) is 39.6 Å². The van der Waals surface area contributed by atoms with Crippen molar-refractivity contribution < 1.29 is 0 Å². The minimum absolute atomic E-state index is 0.404. The van der Waals surface area contributed by atoms with Crippen LogP contribution < -0.4 is 0 Å². The van der Waals surface area contributed by atoms with Gasteiger partial charge in [0, 0.05) is 18.0 Å². The molecule has 1 aliphatic rings. The van der Waals surface area contributed by atoms with Gasteiger partial charge in [-0.25, -0.2) is 0 Å². The average Bonchev–Trinajstić information content (AvgIpc) is 2.81. The summed E-state index contributed by atoms with van der Waals surface area (Å²) in [5.74, 6) is 1.76. The summed E-state index contributed by atoms with van der Waals surface area (Å²) in [4.78, 5) is 3.11. The molecule has 0 aliphatic heterocycles. The number of hydrogen-bond donors (Lipinski definition) is 2. The Kier molecular flexibility index (Phi) is 3.47. The van der Waals surface area contributed by atoms with Crippen molar-refractivity contribution in [2.75, 3.05) is 5.88 Å². The van der Waals surface area contributed by atoms with E-state index < -0.39 is 0 Å². The Morgan fingerprint density at radius 3 is 3.07 bits per heavy atom. The van der Waals surface area contributed by atoms with Crippen LogP contribution in [0, 0.1) is 17.2 Å².